The monoisotopic (exact) mass is 481 g/mol. The lowest BCUT2D eigenvalue weighted by Gasteiger charge is -2.15. The van der Waals surface area contributed by atoms with Crippen LogP contribution in [0.15, 0.2) is 48.5 Å². The second-order valence-electron chi connectivity index (χ2n) is 8.30. The number of fused-ring (bicyclic) bond motifs is 1. The Morgan fingerprint density at radius 2 is 1.74 bits per heavy atom. The number of carbonyl (C=O) groups is 1. The second kappa shape index (κ2) is 8.81. The van der Waals surface area contributed by atoms with Gasteiger partial charge in [-0.1, -0.05) is 24.3 Å². The fraction of sp³-hybridized carbons (Fsp3) is 0.333. The van der Waals surface area contributed by atoms with Crippen LogP contribution in [-0.2, 0) is 36.5 Å². The van der Waals surface area contributed by atoms with E-state index in [0.29, 0.717) is 6.07 Å². The molecule has 0 saturated carbocycles. The highest BCUT2D eigenvalue weighted by Gasteiger charge is 2.36. The predicted molar refractivity (Wildman–Crippen MR) is 112 cm³/mol. The molecule has 0 fully saturated rings. The van der Waals surface area contributed by atoms with Gasteiger partial charge in [-0.2, -0.15) is 31.4 Å². The number of nitrogens with one attached hydrogen (secondary N) is 1. The molecule has 1 heterocycles. The minimum absolute atomic E-state index is 0.0962. The zero-order valence-corrected chi connectivity index (χ0v) is 18.1. The second-order valence-corrected chi connectivity index (χ2v) is 8.30. The van der Waals surface area contributed by atoms with Gasteiger partial charge in [0.25, 0.3) is 0 Å². The van der Waals surface area contributed by atoms with Crippen LogP contribution in [0.3, 0.4) is 0 Å². The molecule has 1 aromatic heterocycles. The molecule has 1 aliphatic rings. The maximum absolute atomic E-state index is 13.3. The van der Waals surface area contributed by atoms with Crippen molar-refractivity contribution < 1.29 is 31.1 Å². The van der Waals surface area contributed by atoms with E-state index in [-0.39, 0.29) is 17.9 Å². The van der Waals surface area contributed by atoms with Crippen LogP contribution in [0.4, 0.5) is 26.3 Å². The van der Waals surface area contributed by atoms with E-state index in [4.69, 9.17) is 0 Å². The van der Waals surface area contributed by atoms with E-state index in [1.165, 1.54) is 17.2 Å². The molecule has 1 N–H and O–H groups in total. The predicted octanol–water partition coefficient (Wildman–Crippen LogP) is 5.82. The van der Waals surface area contributed by atoms with Crippen LogP contribution in [-0.4, -0.2) is 15.7 Å². The fourth-order valence-electron chi connectivity index (χ4n) is 4.07. The summed E-state index contributed by atoms with van der Waals surface area (Å²) >= 11 is 0. The molecule has 0 spiro atoms. The van der Waals surface area contributed by atoms with Gasteiger partial charge in [0, 0.05) is 0 Å². The summed E-state index contributed by atoms with van der Waals surface area (Å²) in [6.45, 7) is 1.35. The molecule has 10 heteroatoms. The molecule has 34 heavy (non-hydrogen) atoms. The van der Waals surface area contributed by atoms with E-state index in [1.54, 1.807) is 6.92 Å². The molecule has 4 nitrogen and oxygen atoms in total. The molecular formula is C24H21F6N3O. The Labute approximate surface area is 191 Å². The summed E-state index contributed by atoms with van der Waals surface area (Å²) in [5, 5.41) is 6.06. The molecular weight excluding hydrogens is 460 g/mol. The zero-order valence-electron chi connectivity index (χ0n) is 18.1. The van der Waals surface area contributed by atoms with E-state index in [9.17, 15) is 31.1 Å². The fourth-order valence-corrected chi connectivity index (χ4v) is 4.07. The van der Waals surface area contributed by atoms with Gasteiger partial charge in [-0.15, -0.1) is 0 Å². The molecule has 4 rings (SSSR count). The van der Waals surface area contributed by atoms with Crippen LogP contribution in [0.2, 0.25) is 0 Å². The van der Waals surface area contributed by atoms with Crippen molar-refractivity contribution in [2.45, 2.75) is 51.0 Å². The summed E-state index contributed by atoms with van der Waals surface area (Å²) in [5.74, 6) is -0.971. The van der Waals surface area contributed by atoms with Gasteiger partial charge in [0.15, 0.2) is 5.69 Å². The lowest BCUT2D eigenvalue weighted by molar-refractivity contribution is -0.141. The molecule has 1 amide bonds. The number of halogens is 6. The normalized spacial score (nSPS) is 14.7. The summed E-state index contributed by atoms with van der Waals surface area (Å²) in [6, 6.07) is 10.4. The van der Waals surface area contributed by atoms with E-state index in [0.717, 1.165) is 47.7 Å². The summed E-state index contributed by atoms with van der Waals surface area (Å²) in [7, 11) is 0. The van der Waals surface area contributed by atoms with Crippen molar-refractivity contribution in [1.29, 1.82) is 0 Å². The number of hydrogen-bond acceptors (Lipinski definition) is 2. The highest BCUT2D eigenvalue weighted by atomic mass is 19.4. The lowest BCUT2D eigenvalue weighted by Crippen LogP contribution is -2.28. The van der Waals surface area contributed by atoms with Crippen molar-refractivity contribution in [3.63, 3.8) is 0 Å². The molecule has 0 bridgehead atoms. The van der Waals surface area contributed by atoms with Crippen LogP contribution in [0, 0.1) is 0 Å². The number of benzene rings is 2. The number of hydrogen-bond donors (Lipinski definition) is 1. The lowest BCUT2D eigenvalue weighted by atomic mass is 9.96. The maximum atomic E-state index is 13.3. The Bertz CT molecular complexity index is 1210. The quantitative estimate of drug-likeness (QED) is 0.467. The molecule has 180 valence electrons. The van der Waals surface area contributed by atoms with Gasteiger partial charge in [0.1, 0.15) is 0 Å². The van der Waals surface area contributed by atoms with Gasteiger partial charge in [0.05, 0.1) is 29.4 Å². The van der Waals surface area contributed by atoms with E-state index in [2.05, 4.69) is 10.4 Å². The number of nitrogens with zero attached hydrogens (tertiary/aromatic N) is 2. The van der Waals surface area contributed by atoms with Crippen LogP contribution in [0.1, 0.15) is 52.9 Å². The first-order valence-corrected chi connectivity index (χ1v) is 10.7. The van der Waals surface area contributed by atoms with Gasteiger partial charge >= 0.3 is 12.4 Å². The van der Waals surface area contributed by atoms with Crippen LogP contribution in [0.25, 0.3) is 5.69 Å². The van der Waals surface area contributed by atoms with Crippen molar-refractivity contribution in [1.82, 2.24) is 15.1 Å². The van der Waals surface area contributed by atoms with Gasteiger partial charge in [-0.3, -0.25) is 4.79 Å². The van der Waals surface area contributed by atoms with Gasteiger partial charge in [-0.05, 0) is 67.1 Å². The number of alkyl halides is 6. The van der Waals surface area contributed by atoms with Gasteiger partial charge in [-0.25, -0.2) is 4.68 Å². The average Bonchev–Trinajstić information content (AvgIpc) is 3.42. The van der Waals surface area contributed by atoms with Crippen LogP contribution < -0.4 is 5.32 Å². The van der Waals surface area contributed by atoms with Crippen molar-refractivity contribution >= 4 is 5.91 Å². The summed E-state index contributed by atoms with van der Waals surface area (Å²) in [5.41, 5.74) is 0.661. The smallest absolute Gasteiger partial charge is 0.350 e. The number of carbonyl (C=O) groups excluding carboxylic acids is 1. The number of aryl methyl sites for hydroxylation is 2. The first-order chi connectivity index (χ1) is 15.9. The van der Waals surface area contributed by atoms with Crippen molar-refractivity contribution in [3.05, 3.63) is 82.2 Å². The standard InChI is InChI=1S/C24H21F6N3O/c1-14(16-9-8-15-4-2-5-17(15)10-16)22(34)31-13-20-12-21(24(28,29)30)32-33(20)19-7-3-6-18(11-19)23(25,26)27/h3,6-12,14H,2,4-5,13H2,1H3,(H,31,34). The molecule has 1 aliphatic carbocycles. The van der Waals surface area contributed by atoms with E-state index >= 15 is 0 Å². The molecule has 1 unspecified atom stereocenters. The molecule has 0 radical (unpaired) electrons. The Kier molecular flexibility index (Phi) is 6.18. The highest BCUT2D eigenvalue weighted by molar-refractivity contribution is 5.83. The van der Waals surface area contributed by atoms with Crippen LogP contribution >= 0.6 is 0 Å². The Morgan fingerprint density at radius 1 is 1.00 bits per heavy atom. The molecule has 0 aliphatic heterocycles. The Balaban J connectivity index is 1.58. The van der Waals surface area contributed by atoms with E-state index < -0.39 is 35.4 Å². The number of rotatable bonds is 5. The third-order valence-electron chi connectivity index (χ3n) is 5.95. The minimum atomic E-state index is -4.80. The van der Waals surface area contributed by atoms with Crippen molar-refractivity contribution in [3.8, 4) is 5.69 Å². The molecule has 1 atom stereocenters. The molecule has 3 aromatic rings. The van der Waals surface area contributed by atoms with Gasteiger partial charge in [0.2, 0.25) is 5.91 Å². The first kappa shape index (κ1) is 23.8. The van der Waals surface area contributed by atoms with Crippen molar-refractivity contribution in [2.24, 2.45) is 0 Å². The Morgan fingerprint density at radius 3 is 2.44 bits per heavy atom. The summed E-state index contributed by atoms with van der Waals surface area (Å²) in [4.78, 5) is 12.7. The third kappa shape index (κ3) is 4.95. The topological polar surface area (TPSA) is 46.9 Å². The average molecular weight is 481 g/mol. The number of aromatic nitrogens is 2. The van der Waals surface area contributed by atoms with Gasteiger partial charge < -0.3 is 5.32 Å². The largest absolute Gasteiger partial charge is 0.435 e. The minimum Gasteiger partial charge on any atom is -0.350 e. The van der Waals surface area contributed by atoms with E-state index in [1.807, 2.05) is 18.2 Å². The first-order valence-electron chi connectivity index (χ1n) is 10.7. The maximum Gasteiger partial charge on any atom is 0.435 e. The third-order valence-corrected chi connectivity index (χ3v) is 5.95. The van der Waals surface area contributed by atoms with Crippen molar-refractivity contribution in [2.75, 3.05) is 0 Å². The zero-order chi connectivity index (χ0) is 24.7. The van der Waals surface area contributed by atoms with Crippen LogP contribution in [0.5, 0.6) is 0 Å². The highest BCUT2D eigenvalue weighted by Crippen LogP contribution is 2.33. The Hall–Kier alpha value is -3.30. The number of amides is 1. The molecule has 0 saturated heterocycles. The SMILES string of the molecule is CC(C(=O)NCc1cc(C(F)(F)F)nn1-c1cccc(C(F)(F)F)c1)c1ccc2c(c1)CCC2. The molecule has 2 aromatic carbocycles. The summed E-state index contributed by atoms with van der Waals surface area (Å²) in [6.07, 6.45) is -6.48. The summed E-state index contributed by atoms with van der Waals surface area (Å²) < 4.78 is 79.9.